The molecule has 0 spiro atoms. The van der Waals surface area contributed by atoms with Gasteiger partial charge in [0.05, 0.1) is 0 Å². The van der Waals surface area contributed by atoms with E-state index in [0.717, 1.165) is 5.33 Å². The first-order valence-electron chi connectivity index (χ1n) is 7.32. The Morgan fingerprint density at radius 3 is 1.85 bits per heavy atom. The van der Waals surface area contributed by atoms with Gasteiger partial charge in [-0.1, -0.05) is 86.1 Å². The fraction of sp³-hybridized carbons (Fsp3) is 0.368. The van der Waals surface area contributed by atoms with Crippen molar-refractivity contribution in [1.82, 2.24) is 0 Å². The van der Waals surface area contributed by atoms with E-state index in [1.807, 2.05) is 0 Å². The Bertz CT molecular complexity index is 565. The topological polar surface area (TPSA) is 0 Å². The van der Waals surface area contributed by atoms with Gasteiger partial charge in [0, 0.05) is 5.33 Å². The summed E-state index contributed by atoms with van der Waals surface area (Å²) in [6, 6.07) is 15.8. The summed E-state index contributed by atoms with van der Waals surface area (Å²) < 4.78 is 0. The first kappa shape index (κ1) is 15.3. The Balaban J connectivity index is 2.46. The monoisotopic (exact) mass is 330 g/mol. The van der Waals surface area contributed by atoms with Gasteiger partial charge >= 0.3 is 0 Å². The number of rotatable bonds is 4. The lowest BCUT2D eigenvalue weighted by molar-refractivity contribution is 0.865. The predicted octanol–water partition coefficient (Wildman–Crippen LogP) is 6.50. The molecule has 0 N–H and O–H groups in total. The molecule has 2 aromatic rings. The molecule has 0 bridgehead atoms. The molecule has 0 nitrogen and oxygen atoms in total. The molecule has 0 aliphatic heterocycles. The average molecular weight is 331 g/mol. The normalized spacial score (nSPS) is 11.3. The van der Waals surface area contributed by atoms with Crippen LogP contribution in [0.4, 0.5) is 0 Å². The second-order valence-corrected chi connectivity index (χ2v) is 6.54. The molecular weight excluding hydrogens is 308 g/mol. The highest BCUT2D eigenvalue weighted by Crippen LogP contribution is 2.30. The van der Waals surface area contributed by atoms with E-state index < -0.39 is 0 Å². The van der Waals surface area contributed by atoms with E-state index >= 15 is 0 Å². The lowest BCUT2D eigenvalue weighted by atomic mass is 9.92. The smallest absolute Gasteiger partial charge is 0.0289 e. The highest BCUT2D eigenvalue weighted by Gasteiger charge is 2.08. The van der Waals surface area contributed by atoms with Crippen LogP contribution in [0.1, 0.15) is 56.2 Å². The van der Waals surface area contributed by atoms with Gasteiger partial charge < -0.3 is 0 Å². The number of benzene rings is 2. The van der Waals surface area contributed by atoms with Gasteiger partial charge in [-0.3, -0.25) is 0 Å². The third-order valence-corrected chi connectivity index (χ3v) is 4.44. The molecule has 0 unspecified atom stereocenters. The maximum Gasteiger partial charge on any atom is 0.0289 e. The molecule has 0 fully saturated rings. The quantitative estimate of drug-likeness (QED) is 0.561. The minimum Gasteiger partial charge on any atom is -0.0876 e. The Morgan fingerprint density at radius 1 is 0.800 bits per heavy atom. The minimum atomic E-state index is 0.563. The van der Waals surface area contributed by atoms with Crippen LogP contribution in [0.15, 0.2) is 42.5 Å². The van der Waals surface area contributed by atoms with E-state index in [-0.39, 0.29) is 0 Å². The molecule has 1 heteroatoms. The predicted molar refractivity (Wildman–Crippen MR) is 92.7 cm³/mol. The third kappa shape index (κ3) is 3.32. The van der Waals surface area contributed by atoms with E-state index in [9.17, 15) is 0 Å². The standard InChI is InChI=1S/C19H23Br/c1-13(2)15-5-7-16(8-6-15)19-11-17(14(3)4)9-10-18(19)12-20/h5-11,13-14H,12H2,1-4H3. The molecule has 106 valence electrons. The summed E-state index contributed by atoms with van der Waals surface area (Å²) in [5.74, 6) is 1.15. The molecule has 20 heavy (non-hydrogen) atoms. The van der Waals surface area contributed by atoms with Crippen LogP contribution >= 0.6 is 15.9 Å². The van der Waals surface area contributed by atoms with Crippen molar-refractivity contribution < 1.29 is 0 Å². The molecule has 0 saturated heterocycles. The number of halogens is 1. The van der Waals surface area contributed by atoms with Crippen molar-refractivity contribution in [3.63, 3.8) is 0 Å². The van der Waals surface area contributed by atoms with E-state index in [1.54, 1.807) is 0 Å². The van der Waals surface area contributed by atoms with E-state index in [4.69, 9.17) is 0 Å². The van der Waals surface area contributed by atoms with Crippen LogP contribution in [-0.2, 0) is 5.33 Å². The van der Waals surface area contributed by atoms with Gasteiger partial charge in [-0.2, -0.15) is 0 Å². The molecule has 0 amide bonds. The van der Waals surface area contributed by atoms with Gasteiger partial charge in [-0.05, 0) is 39.7 Å². The second-order valence-electron chi connectivity index (χ2n) is 5.98. The van der Waals surface area contributed by atoms with Crippen LogP contribution in [-0.4, -0.2) is 0 Å². The molecular formula is C19H23Br. The Hall–Kier alpha value is -1.08. The fourth-order valence-corrected chi connectivity index (χ4v) is 2.87. The molecule has 2 rings (SSSR count). The van der Waals surface area contributed by atoms with Crippen LogP contribution < -0.4 is 0 Å². The molecule has 2 aromatic carbocycles. The summed E-state index contributed by atoms with van der Waals surface area (Å²) >= 11 is 3.60. The van der Waals surface area contributed by atoms with Crippen molar-refractivity contribution in [2.75, 3.05) is 0 Å². The molecule has 0 heterocycles. The highest BCUT2D eigenvalue weighted by atomic mass is 79.9. The van der Waals surface area contributed by atoms with Crippen molar-refractivity contribution in [1.29, 1.82) is 0 Å². The zero-order valence-electron chi connectivity index (χ0n) is 12.8. The first-order valence-corrected chi connectivity index (χ1v) is 8.44. The molecule has 0 aromatic heterocycles. The maximum absolute atomic E-state index is 3.60. The highest BCUT2D eigenvalue weighted by molar-refractivity contribution is 9.08. The van der Waals surface area contributed by atoms with E-state index in [2.05, 4.69) is 86.1 Å². The largest absolute Gasteiger partial charge is 0.0876 e. The molecule has 0 aliphatic rings. The van der Waals surface area contributed by atoms with Gasteiger partial charge in [0.2, 0.25) is 0 Å². The molecule has 0 aliphatic carbocycles. The van der Waals surface area contributed by atoms with Gasteiger partial charge in [0.25, 0.3) is 0 Å². The lowest BCUT2D eigenvalue weighted by Gasteiger charge is -2.14. The van der Waals surface area contributed by atoms with E-state index in [0.29, 0.717) is 11.8 Å². The SMILES string of the molecule is CC(C)c1ccc(-c2cc(C(C)C)ccc2CBr)cc1. The Morgan fingerprint density at radius 2 is 1.35 bits per heavy atom. The number of alkyl halides is 1. The first-order chi connectivity index (χ1) is 9.52. The van der Waals surface area contributed by atoms with Crippen molar-refractivity contribution in [2.24, 2.45) is 0 Å². The summed E-state index contributed by atoms with van der Waals surface area (Å²) in [5.41, 5.74) is 6.81. The van der Waals surface area contributed by atoms with Crippen molar-refractivity contribution in [3.8, 4) is 11.1 Å². The number of hydrogen-bond donors (Lipinski definition) is 0. The van der Waals surface area contributed by atoms with Gasteiger partial charge in [-0.25, -0.2) is 0 Å². The third-order valence-electron chi connectivity index (χ3n) is 3.83. The fourth-order valence-electron chi connectivity index (χ4n) is 2.39. The number of hydrogen-bond acceptors (Lipinski definition) is 0. The van der Waals surface area contributed by atoms with Crippen LogP contribution in [0.5, 0.6) is 0 Å². The summed E-state index contributed by atoms with van der Waals surface area (Å²) in [6.07, 6.45) is 0. The van der Waals surface area contributed by atoms with Gasteiger partial charge in [0.1, 0.15) is 0 Å². The van der Waals surface area contributed by atoms with Crippen LogP contribution in [0.25, 0.3) is 11.1 Å². The average Bonchev–Trinajstić information content (AvgIpc) is 2.46. The maximum atomic E-state index is 3.60. The van der Waals surface area contributed by atoms with Crippen molar-refractivity contribution in [2.45, 2.75) is 44.9 Å². The van der Waals surface area contributed by atoms with Gasteiger partial charge in [-0.15, -0.1) is 0 Å². The molecule has 0 atom stereocenters. The lowest BCUT2D eigenvalue weighted by Crippen LogP contribution is -1.93. The zero-order chi connectivity index (χ0) is 14.7. The van der Waals surface area contributed by atoms with Gasteiger partial charge in [0.15, 0.2) is 0 Å². The Kier molecular flexibility index (Phi) is 5.04. The van der Waals surface area contributed by atoms with Crippen LogP contribution in [0, 0.1) is 0 Å². The summed E-state index contributed by atoms with van der Waals surface area (Å²) in [4.78, 5) is 0. The summed E-state index contributed by atoms with van der Waals surface area (Å²) in [5, 5.41) is 0.895. The zero-order valence-corrected chi connectivity index (χ0v) is 14.4. The molecule has 0 radical (unpaired) electrons. The molecule has 0 saturated carbocycles. The van der Waals surface area contributed by atoms with Crippen LogP contribution in [0.3, 0.4) is 0 Å². The summed E-state index contributed by atoms with van der Waals surface area (Å²) in [6.45, 7) is 8.96. The Labute approximate surface area is 131 Å². The second kappa shape index (κ2) is 6.58. The van der Waals surface area contributed by atoms with E-state index in [1.165, 1.54) is 27.8 Å². The van der Waals surface area contributed by atoms with Crippen molar-refractivity contribution >= 4 is 15.9 Å². The minimum absolute atomic E-state index is 0.563. The van der Waals surface area contributed by atoms with Crippen LogP contribution in [0.2, 0.25) is 0 Å². The van der Waals surface area contributed by atoms with Crippen molar-refractivity contribution in [3.05, 3.63) is 59.2 Å². The summed E-state index contributed by atoms with van der Waals surface area (Å²) in [7, 11) is 0.